The van der Waals surface area contributed by atoms with Gasteiger partial charge in [-0.05, 0) is 73.6 Å². The van der Waals surface area contributed by atoms with Crippen LogP contribution in [-0.2, 0) is 0 Å². The van der Waals surface area contributed by atoms with Crippen molar-refractivity contribution < 1.29 is 10.0 Å². The second-order valence-electron chi connectivity index (χ2n) is 8.86. The maximum atomic E-state index is 12.7. The molecule has 3 aromatic rings. The SMILES string of the molecule is O=C(c1ccc(-c2ccc(Nc3nc(=O)n(O)c4c3=CC=CCCC=4)cc2)cc1)N1CCCCC1. The number of piperidine rings is 1. The van der Waals surface area contributed by atoms with Gasteiger partial charge in [0, 0.05) is 29.6 Å². The van der Waals surface area contributed by atoms with Crippen LogP contribution in [0.25, 0.3) is 23.3 Å². The average Bonchev–Trinajstić information content (AvgIpc) is 2.88. The van der Waals surface area contributed by atoms with Crippen LogP contribution in [0, 0.1) is 0 Å². The number of anilines is 2. The molecule has 1 fully saturated rings. The number of carbonyl (C=O) groups excluding carboxylic acids is 1. The average molecular weight is 469 g/mol. The number of nitrogens with one attached hydrogen (secondary N) is 1. The number of nitrogens with zero attached hydrogens (tertiary/aromatic N) is 3. The third kappa shape index (κ3) is 4.89. The Morgan fingerprint density at radius 2 is 1.60 bits per heavy atom. The third-order valence-corrected chi connectivity index (χ3v) is 6.47. The standard InChI is InChI=1S/C28H28N4O3/c33-27(31-18-6-3-7-19-31)22-12-10-20(11-13-22)21-14-16-23(17-15-21)29-26-24-8-4-1-2-5-9-25(24)32(35)28(34)30-26/h1,4,8-17,35H,2-3,5-7,18-19H2,(H,29,30,34). The number of aromatic nitrogens is 2. The fourth-order valence-electron chi connectivity index (χ4n) is 4.54. The van der Waals surface area contributed by atoms with Crippen molar-refractivity contribution in [1.82, 2.24) is 14.6 Å². The zero-order valence-corrected chi connectivity index (χ0v) is 19.5. The van der Waals surface area contributed by atoms with Crippen LogP contribution in [-0.4, -0.2) is 38.8 Å². The summed E-state index contributed by atoms with van der Waals surface area (Å²) in [5.74, 6) is 0.498. The maximum Gasteiger partial charge on any atom is 0.382 e. The molecule has 7 heteroatoms. The topological polar surface area (TPSA) is 87.5 Å². The van der Waals surface area contributed by atoms with Crippen molar-refractivity contribution in [2.45, 2.75) is 32.1 Å². The van der Waals surface area contributed by atoms with Crippen LogP contribution in [0.2, 0.25) is 0 Å². The number of amides is 1. The summed E-state index contributed by atoms with van der Waals surface area (Å²) in [4.78, 5) is 30.9. The molecule has 1 aromatic heterocycles. The lowest BCUT2D eigenvalue weighted by Gasteiger charge is -2.26. The number of carbonyl (C=O) groups is 1. The van der Waals surface area contributed by atoms with Crippen LogP contribution in [0.5, 0.6) is 0 Å². The van der Waals surface area contributed by atoms with Crippen molar-refractivity contribution in [3.63, 3.8) is 0 Å². The number of hydrogen-bond acceptors (Lipinski definition) is 5. The number of hydrogen-bond donors (Lipinski definition) is 2. The van der Waals surface area contributed by atoms with E-state index in [1.165, 1.54) is 6.42 Å². The Kier molecular flexibility index (Phi) is 6.48. The smallest absolute Gasteiger partial charge is 0.382 e. The molecule has 1 aliphatic carbocycles. The first-order valence-electron chi connectivity index (χ1n) is 12.1. The molecule has 0 saturated carbocycles. The van der Waals surface area contributed by atoms with Gasteiger partial charge in [-0.3, -0.25) is 4.79 Å². The first kappa shape index (κ1) is 22.7. The van der Waals surface area contributed by atoms with Crippen molar-refractivity contribution in [2.24, 2.45) is 0 Å². The van der Waals surface area contributed by atoms with Crippen LogP contribution < -0.4 is 21.6 Å². The molecule has 1 amide bonds. The lowest BCUT2D eigenvalue weighted by atomic mass is 10.0. The van der Waals surface area contributed by atoms with Gasteiger partial charge in [-0.2, -0.15) is 4.98 Å². The lowest BCUT2D eigenvalue weighted by Crippen LogP contribution is -2.45. The van der Waals surface area contributed by atoms with E-state index in [4.69, 9.17) is 0 Å². The minimum Gasteiger partial charge on any atom is -0.424 e. The summed E-state index contributed by atoms with van der Waals surface area (Å²) in [6.45, 7) is 1.68. The Labute approximate surface area is 203 Å². The molecule has 2 N–H and O–H groups in total. The fourth-order valence-corrected chi connectivity index (χ4v) is 4.54. The van der Waals surface area contributed by atoms with E-state index in [1.807, 2.05) is 77.7 Å². The number of fused-ring (bicyclic) bond motifs is 1. The summed E-state index contributed by atoms with van der Waals surface area (Å²) >= 11 is 0. The molecule has 5 rings (SSSR count). The highest BCUT2D eigenvalue weighted by molar-refractivity contribution is 5.94. The van der Waals surface area contributed by atoms with E-state index in [-0.39, 0.29) is 5.91 Å². The van der Waals surface area contributed by atoms with Crippen molar-refractivity contribution >= 4 is 29.6 Å². The molecule has 178 valence electrons. The molecule has 0 spiro atoms. The van der Waals surface area contributed by atoms with E-state index in [0.717, 1.165) is 61.2 Å². The van der Waals surface area contributed by atoms with Gasteiger partial charge in [-0.15, -0.1) is 4.73 Å². The predicted molar refractivity (Wildman–Crippen MR) is 137 cm³/mol. The summed E-state index contributed by atoms with van der Waals surface area (Å²) < 4.78 is 0.596. The minimum atomic E-state index is -0.726. The van der Waals surface area contributed by atoms with E-state index in [2.05, 4.69) is 10.3 Å². The molecular weight excluding hydrogens is 440 g/mol. The van der Waals surface area contributed by atoms with Gasteiger partial charge in [0.2, 0.25) is 0 Å². The van der Waals surface area contributed by atoms with E-state index in [0.29, 0.717) is 21.1 Å². The fraction of sp³-hybridized carbons (Fsp3) is 0.250. The summed E-state index contributed by atoms with van der Waals surface area (Å²) in [6, 6.07) is 15.5. The van der Waals surface area contributed by atoms with Gasteiger partial charge in [0.15, 0.2) is 0 Å². The molecule has 0 radical (unpaired) electrons. The number of likely N-dealkylation sites (tertiary alicyclic amines) is 1. The van der Waals surface area contributed by atoms with Gasteiger partial charge in [-0.25, -0.2) is 4.79 Å². The number of allylic oxidation sites excluding steroid dienone is 2. The van der Waals surface area contributed by atoms with E-state index >= 15 is 0 Å². The molecule has 2 aromatic carbocycles. The molecule has 0 unspecified atom stereocenters. The highest BCUT2D eigenvalue weighted by Gasteiger charge is 2.18. The van der Waals surface area contributed by atoms with Crippen LogP contribution in [0.1, 0.15) is 42.5 Å². The third-order valence-electron chi connectivity index (χ3n) is 6.47. The summed E-state index contributed by atoms with van der Waals surface area (Å²) in [7, 11) is 0. The van der Waals surface area contributed by atoms with Crippen molar-refractivity contribution in [2.75, 3.05) is 18.4 Å². The Morgan fingerprint density at radius 1 is 0.914 bits per heavy atom. The lowest BCUT2D eigenvalue weighted by molar-refractivity contribution is 0.0724. The Balaban J connectivity index is 1.36. The van der Waals surface area contributed by atoms with Gasteiger partial charge in [0.25, 0.3) is 5.91 Å². The number of rotatable bonds is 4. The Hall–Kier alpha value is -4.13. The monoisotopic (exact) mass is 468 g/mol. The van der Waals surface area contributed by atoms with E-state index in [9.17, 15) is 14.8 Å². The molecule has 0 bridgehead atoms. The highest BCUT2D eigenvalue weighted by Crippen LogP contribution is 2.23. The first-order chi connectivity index (χ1) is 17.1. The molecule has 1 saturated heterocycles. The molecule has 1 aliphatic heterocycles. The van der Waals surface area contributed by atoms with Crippen LogP contribution in [0.3, 0.4) is 0 Å². The van der Waals surface area contributed by atoms with Gasteiger partial charge < -0.3 is 15.4 Å². The predicted octanol–water partition coefficient (Wildman–Crippen LogP) is 3.43. The summed E-state index contributed by atoms with van der Waals surface area (Å²) in [6.07, 6.45) is 12.5. The molecule has 2 heterocycles. The molecule has 2 aliphatic rings. The first-order valence-corrected chi connectivity index (χ1v) is 12.1. The van der Waals surface area contributed by atoms with E-state index < -0.39 is 5.69 Å². The minimum absolute atomic E-state index is 0.104. The van der Waals surface area contributed by atoms with Gasteiger partial charge >= 0.3 is 5.69 Å². The second-order valence-corrected chi connectivity index (χ2v) is 8.86. The van der Waals surface area contributed by atoms with Gasteiger partial charge in [0.05, 0.1) is 5.35 Å². The quantitative estimate of drug-likeness (QED) is 0.573. The Morgan fingerprint density at radius 3 is 2.31 bits per heavy atom. The van der Waals surface area contributed by atoms with Gasteiger partial charge in [-0.1, -0.05) is 42.5 Å². The van der Waals surface area contributed by atoms with Crippen LogP contribution in [0.15, 0.2) is 65.5 Å². The number of benzene rings is 2. The molecule has 0 atom stereocenters. The summed E-state index contributed by atoms with van der Waals surface area (Å²) in [5.41, 5.74) is 2.80. The Bertz CT molecular complexity index is 1430. The highest BCUT2D eigenvalue weighted by atomic mass is 16.5. The van der Waals surface area contributed by atoms with Crippen molar-refractivity contribution in [1.29, 1.82) is 0 Å². The normalized spacial score (nSPS) is 15.3. The summed E-state index contributed by atoms with van der Waals surface area (Å²) in [5, 5.41) is 14.5. The van der Waals surface area contributed by atoms with Crippen LogP contribution >= 0.6 is 0 Å². The van der Waals surface area contributed by atoms with Gasteiger partial charge in [0.1, 0.15) is 5.82 Å². The second kappa shape index (κ2) is 10.0. The largest absolute Gasteiger partial charge is 0.424 e. The van der Waals surface area contributed by atoms with E-state index in [1.54, 1.807) is 0 Å². The van der Waals surface area contributed by atoms with Crippen molar-refractivity contribution in [3.8, 4) is 11.1 Å². The molecular formula is C28H28N4O3. The zero-order chi connectivity index (χ0) is 24.2. The molecule has 35 heavy (non-hydrogen) atoms. The zero-order valence-electron chi connectivity index (χ0n) is 19.5. The molecule has 7 nitrogen and oxygen atoms in total. The maximum absolute atomic E-state index is 12.7. The van der Waals surface area contributed by atoms with Crippen molar-refractivity contribution in [3.05, 3.63) is 87.3 Å². The van der Waals surface area contributed by atoms with Crippen LogP contribution in [0.4, 0.5) is 11.5 Å².